The summed E-state index contributed by atoms with van der Waals surface area (Å²) < 4.78 is 13.0. The first-order valence-corrected chi connectivity index (χ1v) is 7.27. The van der Waals surface area contributed by atoms with E-state index in [9.17, 15) is 9.50 Å². The number of hydrogen-bond acceptors (Lipinski definition) is 2. The van der Waals surface area contributed by atoms with Gasteiger partial charge in [-0.05, 0) is 30.0 Å². The Kier molecular flexibility index (Phi) is 7.03. The highest BCUT2D eigenvalue weighted by Crippen LogP contribution is 2.28. The van der Waals surface area contributed by atoms with Gasteiger partial charge in [-0.1, -0.05) is 45.2 Å². The molecule has 1 rings (SSSR count). The predicted molar refractivity (Wildman–Crippen MR) is 77.5 cm³/mol. The molecule has 1 aromatic rings. The molecule has 0 spiro atoms. The van der Waals surface area contributed by atoms with E-state index in [1.807, 2.05) is 0 Å². The van der Waals surface area contributed by atoms with Crippen molar-refractivity contribution in [1.82, 2.24) is 0 Å². The molecule has 0 bridgehead atoms. The highest BCUT2D eigenvalue weighted by atomic mass is 19.1. The van der Waals surface area contributed by atoms with Gasteiger partial charge in [0.15, 0.2) is 0 Å². The molecule has 0 aliphatic rings. The third kappa shape index (κ3) is 4.59. The summed E-state index contributed by atoms with van der Waals surface area (Å²) in [5, 5.41) is 10.5. The summed E-state index contributed by atoms with van der Waals surface area (Å²) in [4.78, 5) is 0. The second kappa shape index (κ2) is 8.28. The number of aliphatic hydroxyl groups excluding tert-OH is 1. The molecule has 1 aromatic carbocycles. The highest BCUT2D eigenvalue weighted by Gasteiger charge is 2.26. The quantitative estimate of drug-likeness (QED) is 0.758. The predicted octanol–water partition coefficient (Wildman–Crippen LogP) is 3.45. The molecule has 3 heteroatoms. The van der Waals surface area contributed by atoms with Crippen molar-refractivity contribution in [1.29, 1.82) is 0 Å². The Hall–Kier alpha value is -0.930. The van der Waals surface area contributed by atoms with E-state index in [4.69, 9.17) is 5.73 Å². The summed E-state index contributed by atoms with van der Waals surface area (Å²) in [5.41, 5.74) is 6.73. The Labute approximate surface area is 115 Å². The minimum absolute atomic E-state index is 0.109. The van der Waals surface area contributed by atoms with Crippen molar-refractivity contribution >= 4 is 0 Å². The third-order valence-corrected chi connectivity index (χ3v) is 3.90. The topological polar surface area (TPSA) is 46.2 Å². The van der Waals surface area contributed by atoms with Crippen molar-refractivity contribution in [2.45, 2.75) is 51.6 Å². The summed E-state index contributed by atoms with van der Waals surface area (Å²) in [5.74, 6) is -0.104. The highest BCUT2D eigenvalue weighted by molar-refractivity contribution is 5.22. The van der Waals surface area contributed by atoms with E-state index in [1.165, 1.54) is 12.1 Å². The summed E-state index contributed by atoms with van der Waals surface area (Å²) in [6, 6.07) is 6.31. The van der Waals surface area contributed by atoms with E-state index in [0.717, 1.165) is 31.2 Å². The zero-order chi connectivity index (χ0) is 14.3. The first-order chi connectivity index (χ1) is 9.13. The van der Waals surface area contributed by atoms with Crippen molar-refractivity contribution in [3.8, 4) is 0 Å². The number of unbranched alkanes of at least 4 members (excludes halogenated alkanes) is 1. The third-order valence-electron chi connectivity index (χ3n) is 3.90. The summed E-state index contributed by atoms with van der Waals surface area (Å²) in [6.07, 6.45) is 3.76. The molecule has 0 saturated heterocycles. The smallest absolute Gasteiger partial charge is 0.123 e. The lowest BCUT2D eigenvalue weighted by Crippen LogP contribution is -2.32. The Bertz CT molecular complexity index is 352. The van der Waals surface area contributed by atoms with Gasteiger partial charge in [0.05, 0.1) is 6.10 Å². The van der Waals surface area contributed by atoms with Crippen LogP contribution in [0.5, 0.6) is 0 Å². The van der Waals surface area contributed by atoms with Gasteiger partial charge in [0.25, 0.3) is 0 Å². The van der Waals surface area contributed by atoms with Crippen LogP contribution in [0.4, 0.5) is 4.39 Å². The zero-order valence-corrected chi connectivity index (χ0v) is 12.0. The maximum absolute atomic E-state index is 13.0. The first kappa shape index (κ1) is 16.1. The second-order valence-electron chi connectivity index (χ2n) is 5.19. The van der Waals surface area contributed by atoms with Gasteiger partial charge in [-0.25, -0.2) is 4.39 Å². The molecule has 0 radical (unpaired) electrons. The molecular formula is C16H26FNO. The number of rotatable bonds is 8. The van der Waals surface area contributed by atoms with E-state index < -0.39 is 6.10 Å². The number of halogens is 1. The van der Waals surface area contributed by atoms with E-state index in [1.54, 1.807) is 12.1 Å². The number of benzene rings is 1. The second-order valence-corrected chi connectivity index (χ2v) is 5.19. The number of aliphatic hydroxyl groups is 1. The average molecular weight is 267 g/mol. The minimum atomic E-state index is -0.452. The van der Waals surface area contributed by atoms with Crippen LogP contribution in [0.2, 0.25) is 0 Å². The van der Waals surface area contributed by atoms with Gasteiger partial charge in [-0.2, -0.15) is 0 Å². The van der Waals surface area contributed by atoms with Crippen LogP contribution in [0.3, 0.4) is 0 Å². The van der Waals surface area contributed by atoms with Gasteiger partial charge < -0.3 is 10.8 Å². The van der Waals surface area contributed by atoms with Crippen molar-refractivity contribution in [3.63, 3.8) is 0 Å². The minimum Gasteiger partial charge on any atom is -0.392 e. The molecule has 3 unspecified atom stereocenters. The molecule has 108 valence electrons. The van der Waals surface area contributed by atoms with Crippen LogP contribution in [-0.4, -0.2) is 17.8 Å². The van der Waals surface area contributed by atoms with Gasteiger partial charge in [0.2, 0.25) is 0 Å². The molecule has 0 fully saturated rings. The van der Waals surface area contributed by atoms with Crippen LogP contribution in [0.25, 0.3) is 0 Å². The van der Waals surface area contributed by atoms with Gasteiger partial charge in [0.1, 0.15) is 5.82 Å². The lowest BCUT2D eigenvalue weighted by atomic mass is 9.82. The molecule has 3 atom stereocenters. The molecule has 0 heterocycles. The molecule has 0 aliphatic carbocycles. The fraction of sp³-hybridized carbons (Fsp3) is 0.625. The fourth-order valence-electron chi connectivity index (χ4n) is 2.59. The molecule has 0 aromatic heterocycles. The molecule has 0 saturated carbocycles. The molecular weight excluding hydrogens is 241 g/mol. The van der Waals surface area contributed by atoms with Gasteiger partial charge in [-0.3, -0.25) is 0 Å². The first-order valence-electron chi connectivity index (χ1n) is 7.27. The van der Waals surface area contributed by atoms with Crippen molar-refractivity contribution in [3.05, 3.63) is 35.6 Å². The van der Waals surface area contributed by atoms with Crippen LogP contribution in [0.15, 0.2) is 24.3 Å². The van der Waals surface area contributed by atoms with Crippen LogP contribution < -0.4 is 5.73 Å². The summed E-state index contributed by atoms with van der Waals surface area (Å²) >= 11 is 0. The lowest BCUT2D eigenvalue weighted by Gasteiger charge is -2.29. The average Bonchev–Trinajstić information content (AvgIpc) is 2.42. The zero-order valence-electron chi connectivity index (χ0n) is 12.0. The normalized spacial score (nSPS) is 16.1. The van der Waals surface area contributed by atoms with Crippen molar-refractivity contribution in [2.24, 2.45) is 11.7 Å². The number of nitrogens with two attached hydrogens (primary N) is 1. The van der Waals surface area contributed by atoms with E-state index in [0.29, 0.717) is 6.54 Å². The van der Waals surface area contributed by atoms with Gasteiger partial charge >= 0.3 is 0 Å². The Morgan fingerprint density at radius 1 is 1.21 bits per heavy atom. The lowest BCUT2D eigenvalue weighted by molar-refractivity contribution is 0.0743. The fourth-order valence-corrected chi connectivity index (χ4v) is 2.59. The van der Waals surface area contributed by atoms with Crippen LogP contribution in [-0.2, 0) is 0 Å². The SMILES string of the molecule is CCCCC(CC)C(O)C(CN)c1ccc(F)cc1. The Balaban J connectivity index is 2.79. The van der Waals surface area contributed by atoms with Crippen LogP contribution in [0, 0.1) is 11.7 Å². The van der Waals surface area contributed by atoms with Crippen molar-refractivity contribution in [2.75, 3.05) is 6.54 Å². The monoisotopic (exact) mass is 267 g/mol. The van der Waals surface area contributed by atoms with E-state index in [-0.39, 0.29) is 17.7 Å². The van der Waals surface area contributed by atoms with Crippen molar-refractivity contribution < 1.29 is 9.50 Å². The van der Waals surface area contributed by atoms with Gasteiger partial charge in [0, 0.05) is 12.5 Å². The molecule has 2 nitrogen and oxygen atoms in total. The Morgan fingerprint density at radius 3 is 2.32 bits per heavy atom. The van der Waals surface area contributed by atoms with Crippen LogP contribution >= 0.6 is 0 Å². The summed E-state index contributed by atoms with van der Waals surface area (Å²) in [7, 11) is 0. The van der Waals surface area contributed by atoms with Gasteiger partial charge in [-0.15, -0.1) is 0 Å². The standard InChI is InChI=1S/C16H26FNO/c1-3-5-6-12(4-2)16(19)15(11-18)13-7-9-14(17)10-8-13/h7-10,12,15-16,19H,3-6,11,18H2,1-2H3. The van der Waals surface area contributed by atoms with E-state index in [2.05, 4.69) is 13.8 Å². The van der Waals surface area contributed by atoms with E-state index >= 15 is 0 Å². The molecule has 3 N–H and O–H groups in total. The Morgan fingerprint density at radius 2 is 1.84 bits per heavy atom. The van der Waals surface area contributed by atoms with Crippen LogP contribution in [0.1, 0.15) is 51.0 Å². The molecule has 0 amide bonds. The number of hydrogen-bond donors (Lipinski definition) is 2. The maximum atomic E-state index is 13.0. The largest absolute Gasteiger partial charge is 0.392 e. The molecule has 19 heavy (non-hydrogen) atoms. The molecule has 0 aliphatic heterocycles. The summed E-state index contributed by atoms with van der Waals surface area (Å²) in [6.45, 7) is 4.64. The maximum Gasteiger partial charge on any atom is 0.123 e.